The van der Waals surface area contributed by atoms with Gasteiger partial charge in [-0.2, -0.15) is 0 Å². The predicted molar refractivity (Wildman–Crippen MR) is 141 cm³/mol. The van der Waals surface area contributed by atoms with Crippen LogP contribution in [-0.2, 0) is 19.4 Å². The molecule has 0 fully saturated rings. The van der Waals surface area contributed by atoms with Gasteiger partial charge in [-0.05, 0) is 59.7 Å². The van der Waals surface area contributed by atoms with Crippen LogP contribution >= 0.6 is 0 Å². The molecule has 4 aromatic rings. The van der Waals surface area contributed by atoms with E-state index in [1.54, 1.807) is 6.20 Å². The van der Waals surface area contributed by atoms with Crippen molar-refractivity contribution in [3.63, 3.8) is 0 Å². The number of nitrogens with zero attached hydrogens (tertiary/aromatic N) is 1. The molecule has 5 rings (SSSR count). The Hall–Kier alpha value is -3.86. The molecule has 0 unspecified atom stereocenters. The maximum Gasteiger partial charge on any atom is 0.163 e. The van der Waals surface area contributed by atoms with Gasteiger partial charge in [-0.1, -0.05) is 56.3 Å². The second-order valence-corrected chi connectivity index (χ2v) is 9.62. The lowest BCUT2D eigenvalue weighted by atomic mass is 9.87. The third-order valence-electron chi connectivity index (χ3n) is 6.80. The fourth-order valence-electron chi connectivity index (χ4n) is 4.80. The summed E-state index contributed by atoms with van der Waals surface area (Å²) >= 11 is 0. The van der Waals surface area contributed by atoms with Crippen molar-refractivity contribution in [2.75, 3.05) is 0 Å². The van der Waals surface area contributed by atoms with Crippen molar-refractivity contribution < 1.29 is 14.3 Å². The lowest BCUT2D eigenvalue weighted by molar-refractivity contribution is 0.0971. The van der Waals surface area contributed by atoms with Crippen molar-refractivity contribution in [2.45, 2.75) is 58.2 Å². The molecule has 0 saturated heterocycles. The third kappa shape index (κ3) is 5.35. The van der Waals surface area contributed by atoms with Crippen molar-refractivity contribution in [3.05, 3.63) is 113 Å². The Balaban J connectivity index is 1.49. The Morgan fingerprint density at radius 3 is 2.58 bits per heavy atom. The average molecular weight is 481 g/mol. The van der Waals surface area contributed by atoms with E-state index in [2.05, 4.69) is 48.1 Å². The molecule has 1 heterocycles. The van der Waals surface area contributed by atoms with Crippen LogP contribution < -0.4 is 9.47 Å². The summed E-state index contributed by atoms with van der Waals surface area (Å²) in [5.41, 5.74) is 5.10. The zero-order valence-corrected chi connectivity index (χ0v) is 20.9. The molecule has 1 aromatic heterocycles. The fourth-order valence-corrected chi connectivity index (χ4v) is 4.80. The Bertz CT molecular complexity index is 1310. The third-order valence-corrected chi connectivity index (χ3v) is 6.80. The summed E-state index contributed by atoms with van der Waals surface area (Å²) in [6.07, 6.45) is 6.23. The van der Waals surface area contributed by atoms with Crippen LogP contribution in [0.3, 0.4) is 0 Å². The van der Waals surface area contributed by atoms with Gasteiger partial charge < -0.3 is 14.5 Å². The van der Waals surface area contributed by atoms with Gasteiger partial charge >= 0.3 is 0 Å². The number of hydrogen-bond acceptors (Lipinski definition) is 4. The SMILES string of the molecule is CC(C)c1cccc(OCc2c(O[C@@H](Cc3ncc[nH]3)c3ccccc3)ccc3c2CCCC3=O)c1. The van der Waals surface area contributed by atoms with Crippen molar-refractivity contribution in [3.8, 4) is 11.5 Å². The Kier molecular flexibility index (Phi) is 7.17. The molecule has 0 radical (unpaired) electrons. The lowest BCUT2D eigenvalue weighted by Gasteiger charge is -2.25. The number of rotatable bonds is 9. The van der Waals surface area contributed by atoms with Crippen LogP contribution in [0.1, 0.15) is 77.1 Å². The van der Waals surface area contributed by atoms with Crippen molar-refractivity contribution in [1.29, 1.82) is 0 Å². The monoisotopic (exact) mass is 480 g/mol. The number of nitrogens with one attached hydrogen (secondary N) is 1. The molecule has 1 aliphatic rings. The number of ether oxygens (including phenoxy) is 2. The van der Waals surface area contributed by atoms with E-state index in [4.69, 9.17) is 9.47 Å². The summed E-state index contributed by atoms with van der Waals surface area (Å²) in [5.74, 6) is 3.05. The second kappa shape index (κ2) is 10.8. The molecule has 3 aromatic carbocycles. The van der Waals surface area contributed by atoms with E-state index in [-0.39, 0.29) is 11.9 Å². The first-order valence-electron chi connectivity index (χ1n) is 12.7. The van der Waals surface area contributed by atoms with Gasteiger partial charge in [0.15, 0.2) is 5.78 Å². The number of benzene rings is 3. The highest BCUT2D eigenvalue weighted by Gasteiger charge is 2.25. The molecule has 0 spiro atoms. The summed E-state index contributed by atoms with van der Waals surface area (Å²) in [6, 6.07) is 22.3. The summed E-state index contributed by atoms with van der Waals surface area (Å²) < 4.78 is 13.0. The second-order valence-electron chi connectivity index (χ2n) is 9.62. The van der Waals surface area contributed by atoms with Gasteiger partial charge in [0.25, 0.3) is 0 Å². The molecule has 184 valence electrons. The van der Waals surface area contributed by atoms with Crippen LogP contribution in [0.5, 0.6) is 11.5 Å². The predicted octanol–water partition coefficient (Wildman–Crippen LogP) is 6.99. The highest BCUT2D eigenvalue weighted by molar-refractivity contribution is 5.99. The first kappa shape index (κ1) is 23.9. The van der Waals surface area contributed by atoms with Gasteiger partial charge in [0.2, 0.25) is 0 Å². The molecule has 1 atom stereocenters. The molecule has 1 N–H and O–H groups in total. The van der Waals surface area contributed by atoms with E-state index in [9.17, 15) is 4.79 Å². The molecule has 0 aliphatic heterocycles. The number of H-pyrrole nitrogens is 1. The van der Waals surface area contributed by atoms with Crippen molar-refractivity contribution in [2.24, 2.45) is 0 Å². The van der Waals surface area contributed by atoms with Crippen LogP contribution in [0.2, 0.25) is 0 Å². The fraction of sp³-hybridized carbons (Fsp3) is 0.290. The number of imidazole rings is 1. The topological polar surface area (TPSA) is 64.2 Å². The molecule has 0 bridgehead atoms. The van der Waals surface area contributed by atoms with Crippen LogP contribution in [0, 0.1) is 0 Å². The highest BCUT2D eigenvalue weighted by Crippen LogP contribution is 2.35. The average Bonchev–Trinajstić information content (AvgIpc) is 3.41. The summed E-state index contributed by atoms with van der Waals surface area (Å²) in [4.78, 5) is 20.3. The minimum atomic E-state index is -0.238. The number of Topliss-reactive ketones (excluding diaryl/α,β-unsaturated/α-hetero) is 1. The van der Waals surface area contributed by atoms with Crippen LogP contribution in [0.4, 0.5) is 0 Å². The van der Waals surface area contributed by atoms with Crippen LogP contribution in [0.25, 0.3) is 0 Å². The van der Waals surface area contributed by atoms with E-state index >= 15 is 0 Å². The number of carbonyl (C=O) groups is 1. The molecule has 0 saturated carbocycles. The minimum Gasteiger partial charge on any atom is -0.489 e. The highest BCUT2D eigenvalue weighted by atomic mass is 16.5. The van der Waals surface area contributed by atoms with Crippen LogP contribution in [0.15, 0.2) is 79.1 Å². The standard InChI is InChI=1S/C31H32N2O3/c1-21(2)23-10-6-11-24(18-23)35-20-27-25-12-7-13-28(34)26(25)14-15-29(27)36-30(19-31-32-16-17-33-31)22-8-4-3-5-9-22/h3-6,8-11,14-18,21,30H,7,12-13,19-20H2,1-2H3,(H,32,33)/t30-/m0/s1. The van der Waals surface area contributed by atoms with E-state index in [0.29, 0.717) is 25.4 Å². The zero-order valence-electron chi connectivity index (χ0n) is 20.9. The summed E-state index contributed by atoms with van der Waals surface area (Å²) in [7, 11) is 0. The number of carbonyl (C=O) groups excluding carboxylic acids is 1. The van der Waals surface area contributed by atoms with E-state index in [0.717, 1.165) is 52.4 Å². The number of aromatic nitrogens is 2. The lowest BCUT2D eigenvalue weighted by Crippen LogP contribution is -2.18. The maximum atomic E-state index is 12.7. The minimum absolute atomic E-state index is 0.195. The van der Waals surface area contributed by atoms with Gasteiger partial charge in [0, 0.05) is 36.4 Å². The van der Waals surface area contributed by atoms with Crippen molar-refractivity contribution >= 4 is 5.78 Å². The summed E-state index contributed by atoms with van der Waals surface area (Å²) in [6.45, 7) is 4.69. The van der Waals surface area contributed by atoms with Gasteiger partial charge in [0.1, 0.15) is 30.0 Å². The molecule has 5 heteroatoms. The molecule has 36 heavy (non-hydrogen) atoms. The molecule has 0 amide bonds. The first-order valence-corrected chi connectivity index (χ1v) is 12.7. The smallest absolute Gasteiger partial charge is 0.163 e. The first-order chi connectivity index (χ1) is 17.6. The van der Waals surface area contributed by atoms with E-state index < -0.39 is 0 Å². The summed E-state index contributed by atoms with van der Waals surface area (Å²) in [5, 5.41) is 0. The van der Waals surface area contributed by atoms with Gasteiger partial charge in [-0.3, -0.25) is 4.79 Å². The molecular weight excluding hydrogens is 448 g/mol. The van der Waals surface area contributed by atoms with Gasteiger partial charge in [-0.25, -0.2) is 4.98 Å². The van der Waals surface area contributed by atoms with Gasteiger partial charge in [0.05, 0.1) is 0 Å². The maximum absolute atomic E-state index is 12.7. The van der Waals surface area contributed by atoms with Gasteiger partial charge in [-0.15, -0.1) is 0 Å². The van der Waals surface area contributed by atoms with E-state index in [1.807, 2.05) is 48.7 Å². The van der Waals surface area contributed by atoms with Crippen molar-refractivity contribution in [1.82, 2.24) is 9.97 Å². The Labute approximate surface area is 212 Å². The Morgan fingerprint density at radius 2 is 1.81 bits per heavy atom. The normalized spacial score (nSPS) is 13.9. The molecule has 5 nitrogen and oxygen atoms in total. The number of hydrogen-bond donors (Lipinski definition) is 1. The Morgan fingerprint density at radius 1 is 0.972 bits per heavy atom. The quantitative estimate of drug-likeness (QED) is 0.280. The zero-order chi connectivity index (χ0) is 24.9. The number of ketones is 1. The molecule has 1 aliphatic carbocycles. The molecular formula is C31H32N2O3. The number of aromatic amines is 1. The number of fused-ring (bicyclic) bond motifs is 1. The largest absolute Gasteiger partial charge is 0.489 e. The van der Waals surface area contributed by atoms with Crippen LogP contribution in [-0.4, -0.2) is 15.8 Å². The van der Waals surface area contributed by atoms with E-state index in [1.165, 1.54) is 5.56 Å².